The van der Waals surface area contributed by atoms with Crippen LogP contribution in [0.2, 0.25) is 0 Å². The number of furan rings is 1. The second-order valence-electron chi connectivity index (χ2n) is 16.5. The number of para-hydroxylation sites is 1. The zero-order valence-electron chi connectivity index (χ0n) is 28.7. The van der Waals surface area contributed by atoms with Crippen LogP contribution in [0.15, 0.2) is 117 Å². The van der Waals surface area contributed by atoms with E-state index in [1.54, 1.807) is 0 Å². The van der Waals surface area contributed by atoms with Crippen LogP contribution < -0.4 is 32.3 Å². The Kier molecular flexibility index (Phi) is 5.27. The zero-order chi connectivity index (χ0) is 33.1. The molecule has 6 aromatic carbocycles. The summed E-state index contributed by atoms with van der Waals surface area (Å²) in [6.45, 7) is 14.1. The Hall–Kier alpha value is -4.60. The van der Waals surface area contributed by atoms with Gasteiger partial charge in [-0.1, -0.05) is 132 Å². The van der Waals surface area contributed by atoms with Crippen molar-refractivity contribution in [1.29, 1.82) is 0 Å². The Balaban J connectivity index is 1.35. The van der Waals surface area contributed by atoms with Gasteiger partial charge in [0.15, 0.2) is 0 Å². The summed E-state index contributed by atoms with van der Waals surface area (Å²) in [7, 11) is 0. The van der Waals surface area contributed by atoms with Gasteiger partial charge in [-0.15, -0.1) is 0 Å². The average Bonchev–Trinajstić information content (AvgIpc) is 3.46. The molecule has 0 unspecified atom stereocenters. The lowest BCUT2D eigenvalue weighted by Gasteiger charge is -2.50. The first kappa shape index (κ1) is 28.3. The molecule has 0 spiro atoms. The van der Waals surface area contributed by atoms with Gasteiger partial charge in [0.2, 0.25) is 0 Å². The second-order valence-corrected chi connectivity index (χ2v) is 17.5. The predicted octanol–water partition coefficient (Wildman–Crippen LogP) is 8.38. The highest BCUT2D eigenvalue weighted by molar-refractivity contribution is 8.00. The van der Waals surface area contributed by atoms with E-state index in [-0.39, 0.29) is 24.4 Å². The van der Waals surface area contributed by atoms with Gasteiger partial charge in [0.05, 0.1) is 10.6 Å². The summed E-state index contributed by atoms with van der Waals surface area (Å²) in [6.07, 6.45) is 0. The molecule has 5 heterocycles. The van der Waals surface area contributed by atoms with Crippen LogP contribution >= 0.6 is 11.8 Å². The molecule has 49 heavy (non-hydrogen) atoms. The summed E-state index contributed by atoms with van der Waals surface area (Å²) >= 11 is 1.89. The van der Waals surface area contributed by atoms with Crippen molar-refractivity contribution in [1.82, 2.24) is 0 Å². The normalized spacial score (nSPS) is 14.9. The third-order valence-electron chi connectivity index (χ3n) is 11.6. The molecular weight excluding hydrogens is 612 g/mol. The number of rotatable bonds is 0. The van der Waals surface area contributed by atoms with Gasteiger partial charge in [0.1, 0.15) is 5.58 Å². The molecule has 0 bridgehead atoms. The van der Waals surface area contributed by atoms with E-state index in [2.05, 4.69) is 149 Å². The minimum Gasteiger partial charge on any atom is -0.469 e. The third kappa shape index (κ3) is 3.57. The maximum atomic E-state index is 6.96. The minimum absolute atomic E-state index is 0.00785. The molecule has 0 saturated heterocycles. The first-order valence-corrected chi connectivity index (χ1v) is 18.4. The molecule has 0 radical (unpaired) electrons. The van der Waals surface area contributed by atoms with Crippen LogP contribution in [0.4, 0.5) is 11.4 Å². The first-order valence-electron chi connectivity index (χ1n) is 17.6. The largest absolute Gasteiger partial charge is 0.469 e. The van der Waals surface area contributed by atoms with Gasteiger partial charge < -0.3 is 9.23 Å². The summed E-state index contributed by atoms with van der Waals surface area (Å²) in [5, 5.41) is 3.83. The van der Waals surface area contributed by atoms with Crippen LogP contribution in [-0.4, -0.2) is 13.6 Å². The molecule has 0 amide bonds. The summed E-state index contributed by atoms with van der Waals surface area (Å²) in [5.41, 5.74) is 18.5. The van der Waals surface area contributed by atoms with Gasteiger partial charge in [0, 0.05) is 32.8 Å². The van der Waals surface area contributed by atoms with Gasteiger partial charge in [-0.2, -0.15) is 0 Å². The SMILES string of the molecule is CC(C)(C)c1ccc2c(c1)B1c3ccc4ccccc4c3-c3cc(C(C)(C)C)cc4c3N1c1c-2ccc2c1B4c1oc3ccccc3c1S2. The van der Waals surface area contributed by atoms with Crippen molar-refractivity contribution < 1.29 is 4.42 Å². The molecule has 0 aliphatic carbocycles. The molecule has 0 fully saturated rings. The van der Waals surface area contributed by atoms with E-state index < -0.39 is 0 Å². The highest BCUT2D eigenvalue weighted by Gasteiger charge is 2.53. The fourth-order valence-corrected chi connectivity index (χ4v) is 10.4. The van der Waals surface area contributed by atoms with E-state index in [4.69, 9.17) is 4.42 Å². The molecule has 0 saturated carbocycles. The van der Waals surface area contributed by atoms with Crippen LogP contribution in [0.1, 0.15) is 52.7 Å². The Bertz CT molecular complexity index is 2640. The van der Waals surface area contributed by atoms with Crippen LogP contribution in [0.25, 0.3) is 44.0 Å². The summed E-state index contributed by atoms with van der Waals surface area (Å²) < 4.78 is 6.96. The van der Waals surface area contributed by atoms with Gasteiger partial charge in [-0.3, -0.25) is 0 Å². The van der Waals surface area contributed by atoms with Crippen molar-refractivity contribution in [3.63, 3.8) is 0 Å². The summed E-state index contributed by atoms with van der Waals surface area (Å²) in [6, 6.07) is 39.5. The quantitative estimate of drug-likeness (QED) is 0.154. The monoisotopic (exact) mass is 647 g/mol. The maximum Gasteiger partial charge on any atom is 0.329 e. The molecule has 7 aromatic rings. The van der Waals surface area contributed by atoms with Crippen molar-refractivity contribution in [3.05, 3.63) is 114 Å². The maximum absolute atomic E-state index is 6.96. The molecule has 5 heteroatoms. The molecule has 11 rings (SSSR count). The average molecular weight is 647 g/mol. The van der Waals surface area contributed by atoms with Crippen LogP contribution in [0.3, 0.4) is 0 Å². The van der Waals surface area contributed by atoms with E-state index in [1.165, 1.54) is 92.6 Å². The molecule has 4 aliphatic rings. The van der Waals surface area contributed by atoms with Crippen LogP contribution in [0.5, 0.6) is 0 Å². The molecule has 4 aliphatic heterocycles. The lowest BCUT2D eigenvalue weighted by molar-refractivity contribution is 0.590. The Morgan fingerprint density at radius 3 is 2.16 bits per heavy atom. The van der Waals surface area contributed by atoms with Crippen molar-refractivity contribution in [3.8, 4) is 22.3 Å². The number of hydrogen-bond donors (Lipinski definition) is 0. The third-order valence-corrected chi connectivity index (χ3v) is 12.8. The van der Waals surface area contributed by atoms with Gasteiger partial charge >= 0.3 is 6.85 Å². The second kappa shape index (κ2) is 9.14. The fraction of sp³-hybridized carbons (Fsp3) is 0.182. The lowest BCUT2D eigenvalue weighted by Crippen LogP contribution is -2.68. The van der Waals surface area contributed by atoms with E-state index in [9.17, 15) is 0 Å². The number of hydrogen-bond acceptors (Lipinski definition) is 3. The van der Waals surface area contributed by atoms with Crippen molar-refractivity contribution in [2.24, 2.45) is 0 Å². The van der Waals surface area contributed by atoms with E-state index >= 15 is 0 Å². The standard InChI is InChI=1S/C44H35B2NOS/c1-43(2,3)25-16-17-28-29-18-20-36-38-40(29)47-39-31(37-27-12-8-7-11-24(27)15-19-32(37)46(47)33(28)22-25)21-26(44(4,5)6)23-34(39)45(38)42-41(49-36)30-13-9-10-14-35(30)48-42/h7-23H,1-6H3. The van der Waals surface area contributed by atoms with E-state index in [1.807, 2.05) is 11.8 Å². The topological polar surface area (TPSA) is 16.4 Å². The highest BCUT2D eigenvalue weighted by atomic mass is 32.2. The minimum atomic E-state index is -0.0334. The Morgan fingerprint density at radius 1 is 0.612 bits per heavy atom. The number of benzene rings is 6. The van der Waals surface area contributed by atoms with Crippen molar-refractivity contribution in [2.45, 2.75) is 62.2 Å². The van der Waals surface area contributed by atoms with Crippen LogP contribution in [0, 0.1) is 0 Å². The molecule has 2 nitrogen and oxygen atoms in total. The molecular formula is C44H35B2NOS. The van der Waals surface area contributed by atoms with Crippen molar-refractivity contribution >= 4 is 85.9 Å². The van der Waals surface area contributed by atoms with Gasteiger partial charge in [-0.05, 0) is 90.0 Å². The smallest absolute Gasteiger partial charge is 0.329 e. The fourth-order valence-electron chi connectivity index (χ4n) is 9.21. The molecule has 234 valence electrons. The number of anilines is 2. The van der Waals surface area contributed by atoms with Gasteiger partial charge in [0.25, 0.3) is 6.71 Å². The Labute approximate surface area is 292 Å². The number of nitrogens with zero attached hydrogens (tertiary/aromatic N) is 1. The van der Waals surface area contributed by atoms with Gasteiger partial charge in [-0.25, -0.2) is 0 Å². The Morgan fingerprint density at radius 2 is 1.35 bits per heavy atom. The lowest BCUT2D eigenvalue weighted by atomic mass is 9.32. The number of fused-ring (bicyclic) bond motifs is 13. The highest BCUT2D eigenvalue weighted by Crippen LogP contribution is 2.52. The zero-order valence-corrected chi connectivity index (χ0v) is 29.5. The van der Waals surface area contributed by atoms with E-state index in [0.29, 0.717) is 0 Å². The van der Waals surface area contributed by atoms with E-state index in [0.717, 1.165) is 11.2 Å². The molecule has 0 N–H and O–H groups in total. The first-order chi connectivity index (χ1) is 23.6. The predicted molar refractivity (Wildman–Crippen MR) is 211 cm³/mol. The van der Waals surface area contributed by atoms with Crippen LogP contribution in [-0.2, 0) is 10.8 Å². The molecule has 1 aromatic heterocycles. The molecule has 0 atom stereocenters. The summed E-state index contributed by atoms with van der Waals surface area (Å²) in [4.78, 5) is 5.36. The van der Waals surface area contributed by atoms with Crippen molar-refractivity contribution in [2.75, 3.05) is 4.81 Å². The summed E-state index contributed by atoms with van der Waals surface area (Å²) in [5.74, 6) is 0.